The molecule has 0 saturated carbocycles. The lowest BCUT2D eigenvalue weighted by Gasteiger charge is -2.25. The summed E-state index contributed by atoms with van der Waals surface area (Å²) in [7, 11) is 2.82. The van der Waals surface area contributed by atoms with E-state index in [9.17, 15) is 4.79 Å². The van der Waals surface area contributed by atoms with Crippen molar-refractivity contribution < 1.29 is 28.6 Å². The first-order valence-electron chi connectivity index (χ1n) is 11.8. The monoisotopic (exact) mass is 482 g/mol. The number of hydrogen-bond acceptors (Lipinski definition) is 8. The number of methoxy groups -OCH3 is 2. The number of oxime groups is 1. The Bertz CT molecular complexity index is 997. The lowest BCUT2D eigenvalue weighted by molar-refractivity contribution is -0.133. The minimum atomic E-state index is -0.478. The third kappa shape index (κ3) is 8.33. The van der Waals surface area contributed by atoms with Crippen molar-refractivity contribution in [2.24, 2.45) is 5.16 Å². The number of nitrogens with zero attached hydrogens (tertiary/aromatic N) is 2. The van der Waals surface area contributed by atoms with Crippen LogP contribution >= 0.6 is 0 Å². The Labute approximate surface area is 207 Å². The van der Waals surface area contributed by atoms with Gasteiger partial charge in [0.15, 0.2) is 0 Å². The summed E-state index contributed by atoms with van der Waals surface area (Å²) >= 11 is 0. The van der Waals surface area contributed by atoms with Gasteiger partial charge in [-0.1, -0.05) is 35.8 Å². The van der Waals surface area contributed by atoms with Crippen molar-refractivity contribution in [3.63, 3.8) is 0 Å². The van der Waals surface area contributed by atoms with Gasteiger partial charge in [-0.2, -0.15) is 0 Å². The van der Waals surface area contributed by atoms with E-state index in [1.54, 1.807) is 19.1 Å². The summed E-state index contributed by atoms with van der Waals surface area (Å²) in [4.78, 5) is 20.0. The first kappa shape index (κ1) is 26.1. The van der Waals surface area contributed by atoms with Crippen LogP contribution < -0.4 is 9.47 Å². The van der Waals surface area contributed by atoms with Crippen LogP contribution in [0.5, 0.6) is 11.5 Å². The number of ether oxygens (including phenoxy) is 4. The zero-order chi connectivity index (χ0) is 24.9. The van der Waals surface area contributed by atoms with Gasteiger partial charge >= 0.3 is 5.97 Å². The second-order valence-corrected chi connectivity index (χ2v) is 8.12. The highest BCUT2D eigenvalue weighted by molar-refractivity contribution is 6.16. The Hall–Kier alpha value is -3.52. The second-order valence-electron chi connectivity index (χ2n) is 8.12. The number of rotatable bonds is 11. The minimum Gasteiger partial charge on any atom is -0.503 e. The van der Waals surface area contributed by atoms with Gasteiger partial charge in [-0.25, -0.2) is 4.79 Å². The van der Waals surface area contributed by atoms with E-state index in [0.717, 1.165) is 25.2 Å². The van der Waals surface area contributed by atoms with Gasteiger partial charge in [-0.15, -0.1) is 0 Å². The summed E-state index contributed by atoms with van der Waals surface area (Å²) in [6, 6.07) is 14.7. The first-order valence-corrected chi connectivity index (χ1v) is 11.8. The van der Waals surface area contributed by atoms with Crippen LogP contribution in [-0.2, 0) is 25.7 Å². The first-order chi connectivity index (χ1) is 17.1. The molecular formula is C27H34N2O6. The lowest BCUT2D eigenvalue weighted by atomic mass is 10.0. The number of piperidine rings is 1. The zero-order valence-corrected chi connectivity index (χ0v) is 20.7. The standard InChI is InChI=1S/C27H34N2O6/c1-21(28-34-18-17-29-15-7-4-8-16-29)35-24-13-11-23(12-14-24)33-19-22-9-5-6-10-25(22)26(20-31-2)27(30)32-3/h5-6,9-14,20H,4,7-8,15-19H2,1-3H3. The molecule has 1 aliphatic heterocycles. The van der Waals surface area contributed by atoms with E-state index in [1.165, 1.54) is 39.7 Å². The fourth-order valence-electron chi connectivity index (χ4n) is 3.80. The highest BCUT2D eigenvalue weighted by Crippen LogP contribution is 2.24. The van der Waals surface area contributed by atoms with E-state index < -0.39 is 5.97 Å². The molecule has 1 fully saturated rings. The molecule has 0 N–H and O–H groups in total. The van der Waals surface area contributed by atoms with Crippen LogP contribution in [0.1, 0.15) is 37.3 Å². The molecule has 0 amide bonds. The maximum absolute atomic E-state index is 12.2. The average molecular weight is 483 g/mol. The van der Waals surface area contributed by atoms with E-state index in [0.29, 0.717) is 35.1 Å². The molecule has 0 atom stereocenters. The fourth-order valence-corrected chi connectivity index (χ4v) is 3.80. The van der Waals surface area contributed by atoms with Crippen molar-refractivity contribution in [1.82, 2.24) is 4.90 Å². The normalized spacial score (nSPS) is 14.8. The molecule has 3 rings (SSSR count). The van der Waals surface area contributed by atoms with Gasteiger partial charge in [0.1, 0.15) is 30.3 Å². The van der Waals surface area contributed by atoms with Crippen LogP contribution in [0.2, 0.25) is 0 Å². The average Bonchev–Trinajstić information content (AvgIpc) is 2.90. The van der Waals surface area contributed by atoms with Crippen molar-refractivity contribution in [2.75, 3.05) is 40.5 Å². The second kappa shape index (κ2) is 14.0. The molecule has 0 aliphatic carbocycles. The largest absolute Gasteiger partial charge is 0.503 e. The number of carbonyl (C=O) groups is 1. The van der Waals surface area contributed by atoms with Crippen LogP contribution in [0.15, 0.2) is 59.9 Å². The molecule has 8 nitrogen and oxygen atoms in total. The van der Waals surface area contributed by atoms with Gasteiger partial charge in [0.05, 0.1) is 20.5 Å². The summed E-state index contributed by atoms with van der Waals surface area (Å²) in [5.41, 5.74) is 1.84. The minimum absolute atomic E-state index is 0.264. The van der Waals surface area contributed by atoms with Crippen molar-refractivity contribution in [3.8, 4) is 11.5 Å². The molecule has 0 radical (unpaired) electrons. The van der Waals surface area contributed by atoms with Crippen molar-refractivity contribution in [1.29, 1.82) is 0 Å². The highest BCUT2D eigenvalue weighted by atomic mass is 16.6. The van der Waals surface area contributed by atoms with Crippen molar-refractivity contribution >= 4 is 17.4 Å². The van der Waals surface area contributed by atoms with Crippen LogP contribution in [0.25, 0.3) is 5.57 Å². The van der Waals surface area contributed by atoms with Gasteiger partial charge < -0.3 is 23.8 Å². The zero-order valence-electron chi connectivity index (χ0n) is 20.7. The number of likely N-dealkylation sites (tertiary alicyclic amines) is 1. The lowest BCUT2D eigenvalue weighted by Crippen LogP contribution is -2.32. The highest BCUT2D eigenvalue weighted by Gasteiger charge is 2.17. The van der Waals surface area contributed by atoms with E-state index in [1.807, 2.05) is 36.4 Å². The Morgan fingerprint density at radius 1 is 1.00 bits per heavy atom. The van der Waals surface area contributed by atoms with Crippen LogP contribution in [0.4, 0.5) is 0 Å². The number of esters is 1. The molecular weight excluding hydrogens is 448 g/mol. The molecule has 1 heterocycles. The molecule has 1 saturated heterocycles. The SMILES string of the molecule is COC=C(C(=O)OC)c1ccccc1COc1ccc(OC(C)=NOCCN2CCCCC2)cc1. The predicted molar refractivity (Wildman–Crippen MR) is 134 cm³/mol. The van der Waals surface area contributed by atoms with Gasteiger partial charge in [0, 0.05) is 13.5 Å². The van der Waals surface area contributed by atoms with E-state index >= 15 is 0 Å². The van der Waals surface area contributed by atoms with Gasteiger partial charge in [-0.05, 0) is 61.3 Å². The Balaban J connectivity index is 1.51. The summed E-state index contributed by atoms with van der Waals surface area (Å²) in [6.45, 7) is 5.73. The molecule has 8 heteroatoms. The summed E-state index contributed by atoms with van der Waals surface area (Å²) in [5, 5.41) is 4.05. The van der Waals surface area contributed by atoms with E-state index in [-0.39, 0.29) is 6.61 Å². The van der Waals surface area contributed by atoms with Crippen LogP contribution in [0.3, 0.4) is 0 Å². The predicted octanol–water partition coefficient (Wildman–Crippen LogP) is 4.64. The van der Waals surface area contributed by atoms with E-state index in [4.69, 9.17) is 23.8 Å². The van der Waals surface area contributed by atoms with Gasteiger partial charge in [0.25, 0.3) is 0 Å². The maximum Gasteiger partial charge on any atom is 0.341 e. The smallest absolute Gasteiger partial charge is 0.341 e. The molecule has 35 heavy (non-hydrogen) atoms. The van der Waals surface area contributed by atoms with Gasteiger partial charge in [-0.3, -0.25) is 4.90 Å². The number of carbonyl (C=O) groups excluding carboxylic acids is 1. The Morgan fingerprint density at radius 3 is 2.43 bits per heavy atom. The third-order valence-corrected chi connectivity index (χ3v) is 5.57. The molecule has 188 valence electrons. The molecule has 0 unspecified atom stereocenters. The third-order valence-electron chi connectivity index (χ3n) is 5.57. The molecule has 2 aromatic carbocycles. The molecule has 0 spiro atoms. The summed E-state index contributed by atoms with van der Waals surface area (Å²) < 4.78 is 21.6. The summed E-state index contributed by atoms with van der Waals surface area (Å²) in [6.07, 6.45) is 5.22. The van der Waals surface area contributed by atoms with Crippen LogP contribution in [0, 0.1) is 0 Å². The topological polar surface area (TPSA) is 78.8 Å². The summed E-state index contributed by atoms with van der Waals surface area (Å²) in [5.74, 6) is 1.25. The van der Waals surface area contributed by atoms with Crippen molar-refractivity contribution in [2.45, 2.75) is 32.8 Å². The molecule has 0 aromatic heterocycles. The number of hydrogen-bond donors (Lipinski definition) is 0. The maximum atomic E-state index is 12.2. The van der Waals surface area contributed by atoms with Crippen molar-refractivity contribution in [3.05, 3.63) is 65.9 Å². The fraction of sp³-hybridized carbons (Fsp3) is 0.407. The Kier molecular flexibility index (Phi) is 10.4. The van der Waals surface area contributed by atoms with Gasteiger partial charge in [0.2, 0.25) is 5.90 Å². The molecule has 2 aromatic rings. The van der Waals surface area contributed by atoms with Crippen LogP contribution in [-0.4, -0.2) is 57.2 Å². The quantitative estimate of drug-likeness (QED) is 0.0878. The molecule has 0 bridgehead atoms. The Morgan fingerprint density at radius 2 is 1.71 bits per heavy atom. The molecule has 1 aliphatic rings. The van der Waals surface area contributed by atoms with E-state index in [2.05, 4.69) is 10.1 Å². The number of benzene rings is 2.